The zero-order valence-electron chi connectivity index (χ0n) is 9.66. The molecule has 0 aliphatic heterocycles. The van der Waals surface area contributed by atoms with E-state index in [-0.39, 0.29) is 6.10 Å². The van der Waals surface area contributed by atoms with Gasteiger partial charge in [0.1, 0.15) is 11.8 Å². The Morgan fingerprint density at radius 1 is 1.56 bits per heavy atom. The first-order valence-electron chi connectivity index (χ1n) is 5.23. The first-order chi connectivity index (χ1) is 7.67. The minimum Gasteiger partial charge on any atom is -0.490 e. The Balaban J connectivity index is 2.89. The maximum Gasteiger partial charge on any atom is 0.137 e. The van der Waals surface area contributed by atoms with Gasteiger partial charge in [-0.2, -0.15) is 5.26 Å². The van der Waals surface area contributed by atoms with Gasteiger partial charge in [-0.25, -0.2) is 0 Å². The van der Waals surface area contributed by atoms with Gasteiger partial charge in [-0.15, -0.1) is 6.58 Å². The first kappa shape index (κ1) is 12.1. The van der Waals surface area contributed by atoms with Gasteiger partial charge in [0.05, 0.1) is 11.7 Å². The number of anilines is 1. The van der Waals surface area contributed by atoms with Crippen LogP contribution in [-0.4, -0.2) is 12.6 Å². The topological polar surface area (TPSA) is 45.0 Å². The van der Waals surface area contributed by atoms with Crippen molar-refractivity contribution in [1.82, 2.24) is 0 Å². The number of benzene rings is 1. The van der Waals surface area contributed by atoms with Gasteiger partial charge >= 0.3 is 0 Å². The molecule has 1 N–H and O–H groups in total. The Kier molecular flexibility index (Phi) is 4.41. The molecule has 0 aliphatic carbocycles. The van der Waals surface area contributed by atoms with Gasteiger partial charge in [0.15, 0.2) is 0 Å². The van der Waals surface area contributed by atoms with E-state index in [2.05, 4.69) is 18.0 Å². The minimum atomic E-state index is 0.0686. The van der Waals surface area contributed by atoms with Crippen LogP contribution in [0.3, 0.4) is 0 Å². The van der Waals surface area contributed by atoms with Crippen molar-refractivity contribution in [3.8, 4) is 11.8 Å². The Morgan fingerprint density at radius 2 is 2.31 bits per heavy atom. The summed E-state index contributed by atoms with van der Waals surface area (Å²) in [7, 11) is 0. The van der Waals surface area contributed by atoms with Crippen molar-refractivity contribution in [3.63, 3.8) is 0 Å². The zero-order valence-corrected chi connectivity index (χ0v) is 9.66. The standard InChI is InChI=1S/C13H16N2O/c1-4-7-15-12-5-6-13(16-10(2)3)11(8-12)9-14/h4-6,8,10,15H,1,7H2,2-3H3. The van der Waals surface area contributed by atoms with E-state index in [9.17, 15) is 0 Å². The second-order valence-electron chi connectivity index (χ2n) is 3.66. The minimum absolute atomic E-state index is 0.0686. The SMILES string of the molecule is C=CCNc1ccc(OC(C)C)c(C#N)c1. The average molecular weight is 216 g/mol. The predicted octanol–water partition coefficient (Wildman–Crippen LogP) is 2.94. The number of nitriles is 1. The smallest absolute Gasteiger partial charge is 0.137 e. The highest BCUT2D eigenvalue weighted by molar-refractivity contribution is 5.55. The van der Waals surface area contributed by atoms with E-state index in [0.29, 0.717) is 17.9 Å². The number of nitrogens with one attached hydrogen (secondary N) is 1. The molecule has 0 aliphatic rings. The summed E-state index contributed by atoms with van der Waals surface area (Å²) < 4.78 is 5.53. The maximum absolute atomic E-state index is 9.00. The Labute approximate surface area is 96.4 Å². The molecule has 1 aromatic carbocycles. The highest BCUT2D eigenvalue weighted by atomic mass is 16.5. The predicted molar refractivity (Wildman–Crippen MR) is 65.6 cm³/mol. The van der Waals surface area contributed by atoms with E-state index in [1.54, 1.807) is 12.1 Å². The quantitative estimate of drug-likeness (QED) is 0.770. The van der Waals surface area contributed by atoms with Crippen LogP contribution in [0.25, 0.3) is 0 Å². The van der Waals surface area contributed by atoms with E-state index in [1.165, 1.54) is 0 Å². The molecule has 0 fully saturated rings. The van der Waals surface area contributed by atoms with Crippen LogP contribution in [0.2, 0.25) is 0 Å². The van der Waals surface area contributed by atoms with E-state index in [1.807, 2.05) is 26.0 Å². The average Bonchev–Trinajstić information content (AvgIpc) is 2.27. The molecule has 0 unspecified atom stereocenters. The second-order valence-corrected chi connectivity index (χ2v) is 3.66. The highest BCUT2D eigenvalue weighted by Crippen LogP contribution is 2.23. The van der Waals surface area contributed by atoms with Gasteiger partial charge in [-0.1, -0.05) is 6.08 Å². The van der Waals surface area contributed by atoms with Crippen molar-refractivity contribution in [3.05, 3.63) is 36.4 Å². The fourth-order valence-electron chi connectivity index (χ4n) is 1.27. The van der Waals surface area contributed by atoms with Crippen molar-refractivity contribution in [2.75, 3.05) is 11.9 Å². The van der Waals surface area contributed by atoms with E-state index >= 15 is 0 Å². The van der Waals surface area contributed by atoms with Crippen molar-refractivity contribution in [2.45, 2.75) is 20.0 Å². The molecule has 1 rings (SSSR count). The third-order valence-corrected chi connectivity index (χ3v) is 1.91. The van der Waals surface area contributed by atoms with E-state index in [0.717, 1.165) is 5.69 Å². The second kappa shape index (κ2) is 5.82. The Morgan fingerprint density at radius 3 is 2.88 bits per heavy atom. The summed E-state index contributed by atoms with van der Waals surface area (Å²) >= 11 is 0. The number of rotatable bonds is 5. The summed E-state index contributed by atoms with van der Waals surface area (Å²) in [6, 6.07) is 7.61. The van der Waals surface area contributed by atoms with Gasteiger partial charge in [0.2, 0.25) is 0 Å². The van der Waals surface area contributed by atoms with Crippen molar-refractivity contribution in [2.24, 2.45) is 0 Å². The van der Waals surface area contributed by atoms with Crippen molar-refractivity contribution >= 4 is 5.69 Å². The molecule has 0 atom stereocenters. The van der Waals surface area contributed by atoms with Crippen LogP contribution in [0.15, 0.2) is 30.9 Å². The third kappa shape index (κ3) is 3.32. The lowest BCUT2D eigenvalue weighted by molar-refractivity contribution is 0.242. The number of hydrogen-bond donors (Lipinski definition) is 1. The fourth-order valence-corrected chi connectivity index (χ4v) is 1.27. The van der Waals surface area contributed by atoms with Gasteiger partial charge in [0, 0.05) is 12.2 Å². The van der Waals surface area contributed by atoms with Crippen molar-refractivity contribution in [1.29, 1.82) is 5.26 Å². The molecule has 0 saturated carbocycles. The molecule has 16 heavy (non-hydrogen) atoms. The lowest BCUT2D eigenvalue weighted by Gasteiger charge is -2.12. The number of hydrogen-bond acceptors (Lipinski definition) is 3. The zero-order chi connectivity index (χ0) is 12.0. The molecule has 0 heterocycles. The van der Waals surface area contributed by atoms with Crippen molar-refractivity contribution < 1.29 is 4.74 Å². The molecule has 0 amide bonds. The third-order valence-electron chi connectivity index (χ3n) is 1.91. The largest absolute Gasteiger partial charge is 0.490 e. The molecule has 3 nitrogen and oxygen atoms in total. The first-order valence-corrected chi connectivity index (χ1v) is 5.23. The molecular formula is C13H16N2O. The molecule has 0 aromatic heterocycles. The molecule has 84 valence electrons. The van der Waals surface area contributed by atoms with Gasteiger partial charge < -0.3 is 10.1 Å². The molecule has 1 aromatic rings. The van der Waals surface area contributed by atoms with Crippen LogP contribution in [0, 0.1) is 11.3 Å². The van der Waals surface area contributed by atoms with Crippen LogP contribution in [-0.2, 0) is 0 Å². The monoisotopic (exact) mass is 216 g/mol. The summed E-state index contributed by atoms with van der Waals surface area (Å²) in [5.74, 6) is 0.627. The van der Waals surface area contributed by atoms with E-state index < -0.39 is 0 Å². The normalized spacial score (nSPS) is 9.62. The molecular weight excluding hydrogens is 200 g/mol. The van der Waals surface area contributed by atoms with Crippen LogP contribution < -0.4 is 10.1 Å². The highest BCUT2D eigenvalue weighted by Gasteiger charge is 2.05. The van der Waals surface area contributed by atoms with Crippen LogP contribution in [0.1, 0.15) is 19.4 Å². The fraction of sp³-hybridized carbons (Fsp3) is 0.308. The molecule has 0 radical (unpaired) electrons. The summed E-state index contributed by atoms with van der Waals surface area (Å²) in [5.41, 5.74) is 1.44. The van der Waals surface area contributed by atoms with Gasteiger partial charge in [-0.3, -0.25) is 0 Å². The summed E-state index contributed by atoms with van der Waals surface area (Å²) in [4.78, 5) is 0. The molecule has 0 bridgehead atoms. The maximum atomic E-state index is 9.00. The summed E-state index contributed by atoms with van der Waals surface area (Å²) in [6.45, 7) is 8.17. The number of ether oxygens (including phenoxy) is 1. The lowest BCUT2D eigenvalue weighted by Crippen LogP contribution is -2.07. The Bertz CT molecular complexity index is 405. The van der Waals surface area contributed by atoms with Crippen LogP contribution in [0.4, 0.5) is 5.69 Å². The lowest BCUT2D eigenvalue weighted by atomic mass is 10.2. The van der Waals surface area contributed by atoms with Gasteiger partial charge in [0.25, 0.3) is 0 Å². The van der Waals surface area contributed by atoms with E-state index in [4.69, 9.17) is 10.00 Å². The number of nitrogens with zero attached hydrogens (tertiary/aromatic N) is 1. The molecule has 0 saturated heterocycles. The van der Waals surface area contributed by atoms with Gasteiger partial charge in [-0.05, 0) is 32.0 Å². The van der Waals surface area contributed by atoms with Crippen LogP contribution >= 0.6 is 0 Å². The summed E-state index contributed by atoms with van der Waals surface area (Å²) in [6.07, 6.45) is 1.84. The Hall–Kier alpha value is -1.95. The summed E-state index contributed by atoms with van der Waals surface area (Å²) in [5, 5.41) is 12.1. The van der Waals surface area contributed by atoms with Crippen LogP contribution in [0.5, 0.6) is 5.75 Å². The molecule has 3 heteroatoms. The molecule has 0 spiro atoms.